The van der Waals surface area contributed by atoms with Gasteiger partial charge in [-0.3, -0.25) is 0 Å². The number of alkyl halides is 1. The number of likely N-dealkylation sites (tertiary alicyclic amines) is 1. The number of ether oxygens (including phenoxy) is 1. The Hall–Kier alpha value is -3.80. The van der Waals surface area contributed by atoms with Gasteiger partial charge in [-0.05, 0) is 51.0 Å². The monoisotopic (exact) mass is 551 g/mol. The van der Waals surface area contributed by atoms with Gasteiger partial charge in [0.25, 0.3) is 0 Å². The van der Waals surface area contributed by atoms with Crippen LogP contribution in [0.2, 0.25) is 0 Å². The van der Waals surface area contributed by atoms with Crippen molar-refractivity contribution < 1.29 is 14.1 Å². The molecular weight excluding hydrogens is 522 g/mol. The predicted octanol–water partition coefficient (Wildman–Crippen LogP) is 4.53. The molecule has 12 nitrogen and oxygen atoms in total. The number of hydrogen-bond acceptors (Lipinski definition) is 10. The van der Waals surface area contributed by atoms with Gasteiger partial charge in [0.1, 0.15) is 30.1 Å². The molecule has 1 aliphatic heterocycles. The van der Waals surface area contributed by atoms with Crippen molar-refractivity contribution in [3.8, 4) is 22.8 Å². The van der Waals surface area contributed by atoms with Crippen molar-refractivity contribution in [3.63, 3.8) is 0 Å². The second-order valence-corrected chi connectivity index (χ2v) is 10.7. The van der Waals surface area contributed by atoms with Gasteiger partial charge in [0.2, 0.25) is 0 Å². The zero-order chi connectivity index (χ0) is 27.1. The van der Waals surface area contributed by atoms with Gasteiger partial charge in [-0.1, -0.05) is 5.16 Å². The summed E-state index contributed by atoms with van der Waals surface area (Å²) in [4.78, 5) is 32.0. The highest BCUT2D eigenvalue weighted by Crippen LogP contribution is 2.48. The molecule has 0 bridgehead atoms. The van der Waals surface area contributed by atoms with E-state index in [2.05, 4.69) is 15.1 Å². The van der Waals surface area contributed by atoms with Gasteiger partial charge in [0.15, 0.2) is 17.2 Å². The van der Waals surface area contributed by atoms with Crippen molar-refractivity contribution in [1.82, 2.24) is 39.8 Å². The highest BCUT2D eigenvalue weighted by atomic mass is 35.5. The number of nitrogens with zero attached hydrogens (tertiary/aromatic N) is 8. The number of nitrogen functional groups attached to an aromatic ring is 1. The van der Waals surface area contributed by atoms with E-state index < -0.39 is 0 Å². The van der Waals surface area contributed by atoms with E-state index in [4.69, 9.17) is 41.7 Å². The molecule has 6 rings (SSSR count). The minimum absolute atomic E-state index is 0.0536. The maximum atomic E-state index is 12.1. The van der Waals surface area contributed by atoms with E-state index in [1.54, 1.807) is 4.90 Å². The molecule has 0 aromatic carbocycles. The molecule has 1 aliphatic carbocycles. The molecule has 4 aromatic heterocycles. The van der Waals surface area contributed by atoms with Gasteiger partial charge in [-0.2, -0.15) is 5.10 Å². The van der Waals surface area contributed by atoms with E-state index in [1.807, 2.05) is 30.9 Å². The zero-order valence-corrected chi connectivity index (χ0v) is 22.6. The summed E-state index contributed by atoms with van der Waals surface area (Å²) in [7, 11) is 0. The van der Waals surface area contributed by atoms with E-state index in [1.165, 1.54) is 6.33 Å². The normalized spacial score (nSPS) is 16.4. The van der Waals surface area contributed by atoms with Gasteiger partial charge in [-0.25, -0.2) is 29.4 Å². The summed E-state index contributed by atoms with van der Waals surface area (Å²) >= 11 is 5.62. The van der Waals surface area contributed by atoms with Crippen LogP contribution in [0.3, 0.4) is 0 Å². The highest BCUT2D eigenvalue weighted by molar-refractivity contribution is 6.18. The van der Waals surface area contributed by atoms with Crippen LogP contribution in [0.4, 0.5) is 10.6 Å². The van der Waals surface area contributed by atoms with E-state index in [9.17, 15) is 4.79 Å². The van der Waals surface area contributed by atoms with Crippen molar-refractivity contribution in [2.24, 2.45) is 0 Å². The van der Waals surface area contributed by atoms with Crippen LogP contribution in [0.25, 0.3) is 33.8 Å². The summed E-state index contributed by atoms with van der Waals surface area (Å²) in [5.74, 6) is 2.45. The number of aromatic nitrogens is 7. The molecule has 0 radical (unpaired) electrons. The molecule has 2 fully saturated rings. The molecule has 13 heteroatoms. The second-order valence-electron chi connectivity index (χ2n) is 10.3. The van der Waals surface area contributed by atoms with E-state index in [-0.39, 0.29) is 30.6 Å². The molecule has 4 aromatic rings. The van der Waals surface area contributed by atoms with Crippen molar-refractivity contribution >= 4 is 34.5 Å². The fourth-order valence-electron chi connectivity index (χ4n) is 5.12. The number of carbonyl (C=O) groups excluding carboxylic acids is 1. The average Bonchev–Trinajstić information content (AvgIpc) is 3.58. The first-order valence-electron chi connectivity index (χ1n) is 13.2. The lowest BCUT2D eigenvalue weighted by molar-refractivity contribution is 0.0976. The summed E-state index contributed by atoms with van der Waals surface area (Å²) in [5.41, 5.74) is 9.81. The topological polar surface area (TPSA) is 151 Å². The van der Waals surface area contributed by atoms with Gasteiger partial charge in [0, 0.05) is 37.4 Å². The first-order chi connectivity index (χ1) is 19.0. The maximum Gasteiger partial charge on any atom is 0.409 e. The Morgan fingerprint density at radius 1 is 1.10 bits per heavy atom. The molecule has 0 spiro atoms. The van der Waals surface area contributed by atoms with Crippen LogP contribution < -0.4 is 5.73 Å². The highest BCUT2D eigenvalue weighted by Gasteiger charge is 2.36. The molecule has 0 atom stereocenters. The Morgan fingerprint density at radius 2 is 1.85 bits per heavy atom. The lowest BCUT2D eigenvalue weighted by atomic mass is 9.91. The van der Waals surface area contributed by atoms with Crippen LogP contribution in [0.5, 0.6) is 0 Å². The zero-order valence-electron chi connectivity index (χ0n) is 21.9. The minimum atomic E-state index is -0.313. The van der Waals surface area contributed by atoms with Gasteiger partial charge >= 0.3 is 6.09 Å². The third-order valence-electron chi connectivity index (χ3n) is 7.32. The van der Waals surface area contributed by atoms with Crippen LogP contribution in [0.1, 0.15) is 68.7 Å². The summed E-state index contributed by atoms with van der Waals surface area (Å²) in [6.45, 7) is 5.51. The lowest BCUT2D eigenvalue weighted by Crippen LogP contribution is -2.38. The number of anilines is 1. The van der Waals surface area contributed by atoms with E-state index >= 15 is 0 Å². The number of carbonyl (C=O) groups is 1. The fraction of sp³-hybridized carbons (Fsp3) is 0.500. The van der Waals surface area contributed by atoms with Crippen LogP contribution in [-0.2, 0) is 4.74 Å². The first kappa shape index (κ1) is 25.5. The molecule has 5 heterocycles. The standard InChI is InChI=1S/C26H30ClN9O3/c1-14(2)36-25-19(23(28)31-13-32-25)20(33-36)21-18(22(39-34-21)16-3-4-16)24-29-11-17(12-30-24)15-5-8-35(9-6-15)26(37)38-10-7-27/h11-16H,3-10H2,1-2H3,(H2,28,31,32). The lowest BCUT2D eigenvalue weighted by Gasteiger charge is -2.31. The molecule has 39 heavy (non-hydrogen) atoms. The van der Waals surface area contributed by atoms with Crippen molar-refractivity contribution in [2.45, 2.75) is 57.4 Å². The van der Waals surface area contributed by atoms with Gasteiger partial charge in [-0.15, -0.1) is 11.6 Å². The Morgan fingerprint density at radius 3 is 2.51 bits per heavy atom. The van der Waals surface area contributed by atoms with Crippen LogP contribution in [-0.4, -0.2) is 71.4 Å². The van der Waals surface area contributed by atoms with Gasteiger partial charge in [0.05, 0.1) is 16.8 Å². The van der Waals surface area contributed by atoms with Crippen molar-refractivity contribution in [1.29, 1.82) is 0 Å². The second kappa shape index (κ2) is 10.4. The maximum absolute atomic E-state index is 12.1. The number of piperidine rings is 1. The third kappa shape index (κ3) is 4.77. The molecule has 2 aliphatic rings. The SMILES string of the molecule is CC(C)n1nc(-c2noc(C3CC3)c2-c2ncc(C3CCN(C(=O)OCCCl)CC3)cn2)c2c(N)ncnc21. The smallest absolute Gasteiger partial charge is 0.409 e. The number of fused-ring (bicyclic) bond motifs is 1. The minimum Gasteiger partial charge on any atom is -0.448 e. The molecule has 1 saturated carbocycles. The Bertz CT molecular complexity index is 1490. The Kier molecular flexibility index (Phi) is 6.79. The molecular formula is C26H30ClN9O3. The molecule has 204 valence electrons. The molecule has 2 N–H and O–H groups in total. The first-order valence-corrected chi connectivity index (χ1v) is 13.8. The Balaban J connectivity index is 1.31. The predicted molar refractivity (Wildman–Crippen MR) is 144 cm³/mol. The van der Waals surface area contributed by atoms with Crippen LogP contribution >= 0.6 is 11.6 Å². The number of halogens is 1. The van der Waals surface area contributed by atoms with Crippen LogP contribution in [0.15, 0.2) is 23.2 Å². The van der Waals surface area contributed by atoms with E-state index in [0.29, 0.717) is 53.0 Å². The summed E-state index contributed by atoms with van der Waals surface area (Å²) < 4.78 is 12.9. The van der Waals surface area contributed by atoms with Crippen LogP contribution in [0, 0.1) is 0 Å². The van der Waals surface area contributed by atoms with E-state index in [0.717, 1.165) is 42.6 Å². The summed E-state index contributed by atoms with van der Waals surface area (Å²) in [6, 6.07) is 0.0536. The van der Waals surface area contributed by atoms with Crippen molar-refractivity contribution in [2.75, 3.05) is 31.3 Å². The number of hydrogen-bond donors (Lipinski definition) is 1. The number of rotatable bonds is 7. The number of amides is 1. The van der Waals surface area contributed by atoms with Gasteiger partial charge < -0.3 is 19.9 Å². The molecule has 1 amide bonds. The quantitative estimate of drug-likeness (QED) is 0.324. The largest absolute Gasteiger partial charge is 0.448 e. The molecule has 0 unspecified atom stereocenters. The summed E-state index contributed by atoms with van der Waals surface area (Å²) in [5, 5.41) is 9.92. The third-order valence-corrected chi connectivity index (χ3v) is 7.48. The fourth-order valence-corrected chi connectivity index (χ4v) is 5.19. The average molecular weight is 552 g/mol. The van der Waals surface area contributed by atoms with Crippen molar-refractivity contribution in [3.05, 3.63) is 30.0 Å². The summed E-state index contributed by atoms with van der Waals surface area (Å²) in [6.07, 6.45) is 8.53. The Labute approximate surface area is 229 Å². The number of nitrogens with two attached hydrogens (primary N) is 1. The molecule has 1 saturated heterocycles.